The summed E-state index contributed by atoms with van der Waals surface area (Å²) in [6.45, 7) is 7.70. The van der Waals surface area contributed by atoms with Crippen LogP contribution in [0.4, 0.5) is 0 Å². The number of rotatable bonds is 7. The summed E-state index contributed by atoms with van der Waals surface area (Å²) in [5, 5.41) is 0. The van der Waals surface area contributed by atoms with Crippen LogP contribution in [0.1, 0.15) is 38.9 Å². The summed E-state index contributed by atoms with van der Waals surface area (Å²) in [4.78, 5) is 4.24. The van der Waals surface area contributed by atoms with Gasteiger partial charge >= 0.3 is 0 Å². The van der Waals surface area contributed by atoms with Gasteiger partial charge in [0.1, 0.15) is 0 Å². The van der Waals surface area contributed by atoms with E-state index >= 15 is 0 Å². The van der Waals surface area contributed by atoms with Gasteiger partial charge in [-0.25, -0.2) is 4.98 Å². The van der Waals surface area contributed by atoms with Crippen LogP contribution in [-0.2, 0) is 6.54 Å². The molecule has 0 aromatic carbocycles. The van der Waals surface area contributed by atoms with Crippen LogP contribution in [0.2, 0.25) is 0 Å². The van der Waals surface area contributed by atoms with Crippen molar-refractivity contribution in [1.82, 2.24) is 9.55 Å². The molecule has 2 atom stereocenters. The topological polar surface area (TPSA) is 43.8 Å². The van der Waals surface area contributed by atoms with Gasteiger partial charge in [0.2, 0.25) is 0 Å². The van der Waals surface area contributed by atoms with E-state index in [4.69, 9.17) is 5.73 Å². The fraction of sp³-hybridized carbons (Fsp3) is 0.769. The molecule has 0 aliphatic rings. The number of imidazole rings is 1. The number of thioether (sulfide) groups is 1. The Morgan fingerprint density at radius 2 is 2.12 bits per heavy atom. The van der Waals surface area contributed by atoms with Crippen LogP contribution in [0.5, 0.6) is 0 Å². The summed E-state index contributed by atoms with van der Waals surface area (Å²) in [6, 6.07) is 0.110. The lowest BCUT2D eigenvalue weighted by atomic mass is 10.0. The molecule has 1 rings (SSSR count). The average Bonchev–Trinajstić information content (AvgIpc) is 2.65. The van der Waals surface area contributed by atoms with Crippen LogP contribution < -0.4 is 5.73 Å². The molecule has 4 heteroatoms. The minimum absolute atomic E-state index is 0.110. The fourth-order valence-electron chi connectivity index (χ4n) is 2.09. The predicted molar refractivity (Wildman–Crippen MR) is 76.2 cm³/mol. The molecule has 0 spiro atoms. The zero-order valence-corrected chi connectivity index (χ0v) is 12.2. The molecule has 0 aliphatic carbocycles. The van der Waals surface area contributed by atoms with Crippen molar-refractivity contribution in [1.29, 1.82) is 0 Å². The van der Waals surface area contributed by atoms with E-state index in [1.807, 2.05) is 24.3 Å². The second-order valence-corrected chi connectivity index (χ2v) is 6.18. The summed E-state index contributed by atoms with van der Waals surface area (Å²) in [5.74, 6) is 2.46. The van der Waals surface area contributed by atoms with Crippen molar-refractivity contribution in [2.45, 2.75) is 39.8 Å². The van der Waals surface area contributed by atoms with Gasteiger partial charge in [-0.15, -0.1) is 0 Å². The van der Waals surface area contributed by atoms with E-state index in [-0.39, 0.29) is 6.04 Å². The van der Waals surface area contributed by atoms with Gasteiger partial charge in [0.25, 0.3) is 0 Å². The first kappa shape index (κ1) is 14.6. The summed E-state index contributed by atoms with van der Waals surface area (Å²) < 4.78 is 2.22. The van der Waals surface area contributed by atoms with Crippen molar-refractivity contribution in [3.8, 4) is 0 Å². The van der Waals surface area contributed by atoms with Gasteiger partial charge < -0.3 is 10.3 Å². The molecule has 1 aromatic heterocycles. The number of nitrogens with zero attached hydrogens (tertiary/aromatic N) is 2. The van der Waals surface area contributed by atoms with Crippen LogP contribution >= 0.6 is 11.8 Å². The van der Waals surface area contributed by atoms with Crippen LogP contribution in [0.15, 0.2) is 12.5 Å². The van der Waals surface area contributed by atoms with E-state index in [0.717, 1.165) is 13.0 Å². The van der Waals surface area contributed by atoms with Crippen molar-refractivity contribution in [3.05, 3.63) is 18.2 Å². The van der Waals surface area contributed by atoms with Gasteiger partial charge in [0.15, 0.2) is 0 Å². The molecule has 17 heavy (non-hydrogen) atoms. The lowest BCUT2D eigenvalue weighted by Gasteiger charge is -2.18. The molecule has 3 nitrogen and oxygen atoms in total. The maximum absolute atomic E-state index is 6.22. The van der Waals surface area contributed by atoms with Crippen molar-refractivity contribution in [2.75, 3.05) is 12.0 Å². The summed E-state index contributed by atoms with van der Waals surface area (Å²) >= 11 is 1.89. The molecule has 98 valence electrons. The summed E-state index contributed by atoms with van der Waals surface area (Å²) in [7, 11) is 0. The Labute approximate surface area is 109 Å². The average molecular weight is 255 g/mol. The second-order valence-electron chi connectivity index (χ2n) is 5.27. The normalized spacial score (nSPS) is 15.2. The molecule has 0 aliphatic heterocycles. The predicted octanol–water partition coefficient (Wildman–Crippen LogP) is 2.93. The lowest BCUT2D eigenvalue weighted by molar-refractivity contribution is 0.458. The smallest absolute Gasteiger partial charge is 0.0948 e. The van der Waals surface area contributed by atoms with E-state index < -0.39 is 0 Å². The Hall–Kier alpha value is -0.480. The van der Waals surface area contributed by atoms with Crippen molar-refractivity contribution in [2.24, 2.45) is 17.6 Å². The largest absolute Gasteiger partial charge is 0.333 e. The maximum Gasteiger partial charge on any atom is 0.0948 e. The standard InChI is InChI=1S/C13H25N3S/c1-10(2)5-12(14)13-6-15-9-16(13)7-11(3)8-17-4/h6,9-12H,5,7-8,14H2,1-4H3. The molecule has 2 N–H and O–H groups in total. The molecule has 0 saturated carbocycles. The van der Waals surface area contributed by atoms with Crippen LogP contribution in [0.3, 0.4) is 0 Å². The summed E-state index contributed by atoms with van der Waals surface area (Å²) in [6.07, 6.45) is 6.99. The zero-order chi connectivity index (χ0) is 12.8. The highest BCUT2D eigenvalue weighted by Crippen LogP contribution is 2.19. The third-order valence-corrected chi connectivity index (χ3v) is 3.71. The molecule has 1 aromatic rings. The Morgan fingerprint density at radius 3 is 2.71 bits per heavy atom. The molecule has 0 saturated heterocycles. The number of hydrogen-bond donors (Lipinski definition) is 1. The van der Waals surface area contributed by atoms with Gasteiger partial charge in [-0.3, -0.25) is 0 Å². The lowest BCUT2D eigenvalue weighted by Crippen LogP contribution is -2.19. The quantitative estimate of drug-likeness (QED) is 0.814. The van der Waals surface area contributed by atoms with Gasteiger partial charge in [-0.1, -0.05) is 20.8 Å². The molecule has 0 amide bonds. The molecule has 1 heterocycles. The fourth-order valence-corrected chi connectivity index (χ4v) is 2.77. The maximum atomic E-state index is 6.22. The van der Waals surface area contributed by atoms with Crippen LogP contribution in [0, 0.1) is 11.8 Å². The molecular formula is C13H25N3S. The van der Waals surface area contributed by atoms with Crippen LogP contribution in [-0.4, -0.2) is 21.6 Å². The zero-order valence-electron chi connectivity index (χ0n) is 11.4. The molecule has 0 fully saturated rings. The number of nitrogens with two attached hydrogens (primary N) is 1. The SMILES string of the molecule is CSCC(C)Cn1cncc1C(N)CC(C)C. The number of hydrogen-bond acceptors (Lipinski definition) is 3. The highest BCUT2D eigenvalue weighted by molar-refractivity contribution is 7.98. The molecular weight excluding hydrogens is 230 g/mol. The van der Waals surface area contributed by atoms with Crippen molar-refractivity contribution in [3.63, 3.8) is 0 Å². The third-order valence-electron chi connectivity index (χ3n) is 2.81. The Morgan fingerprint density at radius 1 is 1.41 bits per heavy atom. The van der Waals surface area contributed by atoms with E-state index in [1.165, 1.54) is 11.4 Å². The van der Waals surface area contributed by atoms with Crippen molar-refractivity contribution < 1.29 is 0 Å². The van der Waals surface area contributed by atoms with Gasteiger partial charge in [0.05, 0.1) is 12.0 Å². The van der Waals surface area contributed by atoms with Gasteiger partial charge in [0, 0.05) is 18.8 Å². The Kier molecular flexibility index (Phi) is 6.06. The second kappa shape index (κ2) is 7.07. The van der Waals surface area contributed by atoms with Crippen molar-refractivity contribution >= 4 is 11.8 Å². The third kappa shape index (κ3) is 4.72. The first-order chi connectivity index (χ1) is 8.04. The van der Waals surface area contributed by atoms with E-state index in [9.17, 15) is 0 Å². The van der Waals surface area contributed by atoms with Crippen LogP contribution in [0.25, 0.3) is 0 Å². The van der Waals surface area contributed by atoms with E-state index in [2.05, 4.69) is 36.6 Å². The molecule has 0 radical (unpaired) electrons. The van der Waals surface area contributed by atoms with E-state index in [0.29, 0.717) is 11.8 Å². The Bertz CT molecular complexity index is 322. The van der Waals surface area contributed by atoms with E-state index in [1.54, 1.807) is 0 Å². The first-order valence-electron chi connectivity index (χ1n) is 6.29. The monoisotopic (exact) mass is 255 g/mol. The minimum atomic E-state index is 0.110. The molecule has 0 bridgehead atoms. The minimum Gasteiger partial charge on any atom is -0.333 e. The Balaban J connectivity index is 2.65. The first-order valence-corrected chi connectivity index (χ1v) is 7.68. The number of aromatic nitrogens is 2. The summed E-state index contributed by atoms with van der Waals surface area (Å²) in [5.41, 5.74) is 7.40. The highest BCUT2D eigenvalue weighted by atomic mass is 32.2. The molecule has 2 unspecified atom stereocenters. The highest BCUT2D eigenvalue weighted by Gasteiger charge is 2.14. The van der Waals surface area contributed by atoms with Gasteiger partial charge in [-0.05, 0) is 30.3 Å². The van der Waals surface area contributed by atoms with Gasteiger partial charge in [-0.2, -0.15) is 11.8 Å².